The minimum Gasteiger partial charge on any atom is -0.359 e. The van der Waals surface area contributed by atoms with Gasteiger partial charge in [0.25, 0.3) is 0 Å². The molecule has 0 saturated carbocycles. The Bertz CT molecular complexity index is 932. The van der Waals surface area contributed by atoms with Gasteiger partial charge in [-0.3, -0.25) is 9.97 Å². The number of hydrogen-bond acceptors (Lipinski definition) is 7. The van der Waals surface area contributed by atoms with E-state index in [1.54, 1.807) is 42.9 Å². The van der Waals surface area contributed by atoms with E-state index in [1.165, 1.54) is 0 Å². The van der Waals surface area contributed by atoms with Gasteiger partial charge in [0.05, 0.1) is 12.7 Å². The van der Waals surface area contributed by atoms with Crippen molar-refractivity contribution < 1.29 is 9.32 Å². The van der Waals surface area contributed by atoms with Crippen molar-refractivity contribution in [3.05, 3.63) is 54.9 Å². The molecule has 1 aliphatic rings. The fourth-order valence-corrected chi connectivity index (χ4v) is 3.39. The first-order valence-corrected chi connectivity index (χ1v) is 9.57. The van der Waals surface area contributed by atoms with Crippen molar-refractivity contribution in [1.29, 1.82) is 0 Å². The Morgan fingerprint density at radius 3 is 3.00 bits per heavy atom. The molecular formula is C20H23N7O2. The summed E-state index contributed by atoms with van der Waals surface area (Å²) in [5, 5.41) is 7.17. The van der Waals surface area contributed by atoms with Crippen LogP contribution >= 0.6 is 0 Å². The van der Waals surface area contributed by atoms with Crippen LogP contribution in [-0.2, 0) is 6.54 Å². The summed E-state index contributed by atoms with van der Waals surface area (Å²) in [5.74, 6) is 1.45. The van der Waals surface area contributed by atoms with Crippen molar-refractivity contribution in [3.8, 4) is 11.3 Å². The monoisotopic (exact) mass is 393 g/mol. The molecule has 9 heteroatoms. The Hall–Kier alpha value is -3.49. The molecule has 4 rings (SSSR count). The molecule has 1 N–H and O–H groups in total. The maximum absolute atomic E-state index is 12.6. The minimum atomic E-state index is -0.143. The second kappa shape index (κ2) is 8.68. The second-order valence-corrected chi connectivity index (χ2v) is 7.07. The van der Waals surface area contributed by atoms with Gasteiger partial charge in [0.2, 0.25) is 0 Å². The van der Waals surface area contributed by atoms with Crippen LogP contribution in [0.2, 0.25) is 0 Å². The molecule has 2 amide bonds. The van der Waals surface area contributed by atoms with Crippen molar-refractivity contribution in [1.82, 2.24) is 30.3 Å². The van der Waals surface area contributed by atoms with Crippen LogP contribution in [0.25, 0.3) is 11.3 Å². The number of amides is 2. The summed E-state index contributed by atoms with van der Waals surface area (Å²) < 4.78 is 5.38. The van der Waals surface area contributed by atoms with Gasteiger partial charge >= 0.3 is 6.03 Å². The molecular weight excluding hydrogens is 370 g/mol. The van der Waals surface area contributed by atoms with Gasteiger partial charge in [-0.25, -0.2) is 9.78 Å². The molecule has 0 aliphatic carbocycles. The van der Waals surface area contributed by atoms with E-state index < -0.39 is 0 Å². The van der Waals surface area contributed by atoms with Crippen LogP contribution in [0.1, 0.15) is 18.6 Å². The number of anilines is 1. The molecule has 1 atom stereocenters. The number of carbonyl (C=O) groups excluding carboxylic acids is 1. The van der Waals surface area contributed by atoms with Crippen molar-refractivity contribution >= 4 is 11.8 Å². The fourth-order valence-electron chi connectivity index (χ4n) is 3.39. The van der Waals surface area contributed by atoms with E-state index in [2.05, 4.69) is 30.3 Å². The molecule has 0 unspecified atom stereocenters. The van der Waals surface area contributed by atoms with E-state index in [0.29, 0.717) is 24.5 Å². The number of nitrogens with zero attached hydrogens (tertiary/aromatic N) is 6. The van der Waals surface area contributed by atoms with E-state index in [-0.39, 0.29) is 12.1 Å². The summed E-state index contributed by atoms with van der Waals surface area (Å²) in [6, 6.07) is 5.50. The average Bonchev–Trinajstić information content (AvgIpc) is 3.23. The third-order valence-corrected chi connectivity index (χ3v) is 4.88. The van der Waals surface area contributed by atoms with E-state index >= 15 is 0 Å². The summed E-state index contributed by atoms with van der Waals surface area (Å²) in [4.78, 5) is 28.9. The van der Waals surface area contributed by atoms with Gasteiger partial charge in [-0.15, -0.1) is 0 Å². The molecule has 4 heterocycles. The third-order valence-electron chi connectivity index (χ3n) is 4.88. The maximum Gasteiger partial charge on any atom is 0.317 e. The van der Waals surface area contributed by atoms with Gasteiger partial charge in [-0.05, 0) is 25.0 Å². The van der Waals surface area contributed by atoms with Gasteiger partial charge in [-0.1, -0.05) is 5.16 Å². The highest BCUT2D eigenvalue weighted by molar-refractivity contribution is 5.74. The summed E-state index contributed by atoms with van der Waals surface area (Å²) in [7, 11) is 1.74. The van der Waals surface area contributed by atoms with Gasteiger partial charge in [0.1, 0.15) is 11.5 Å². The van der Waals surface area contributed by atoms with E-state index in [9.17, 15) is 4.79 Å². The third kappa shape index (κ3) is 4.68. The molecule has 0 radical (unpaired) electrons. The first kappa shape index (κ1) is 18.9. The largest absolute Gasteiger partial charge is 0.359 e. The highest BCUT2D eigenvalue weighted by atomic mass is 16.5. The van der Waals surface area contributed by atoms with E-state index in [4.69, 9.17) is 4.52 Å². The zero-order chi connectivity index (χ0) is 20.1. The number of rotatable bonds is 5. The van der Waals surface area contributed by atoms with Gasteiger partial charge < -0.3 is 19.6 Å². The van der Waals surface area contributed by atoms with E-state index in [1.807, 2.05) is 18.2 Å². The first-order valence-electron chi connectivity index (χ1n) is 9.57. The van der Waals surface area contributed by atoms with Crippen molar-refractivity contribution in [2.45, 2.75) is 25.4 Å². The van der Waals surface area contributed by atoms with Crippen LogP contribution < -0.4 is 10.2 Å². The first-order chi connectivity index (χ1) is 14.2. The fraction of sp³-hybridized carbons (Fsp3) is 0.350. The number of nitrogens with one attached hydrogen (secondary N) is 1. The van der Waals surface area contributed by atoms with Crippen molar-refractivity contribution in [2.75, 3.05) is 25.0 Å². The molecule has 150 valence electrons. The van der Waals surface area contributed by atoms with Crippen LogP contribution in [0, 0.1) is 0 Å². The molecule has 0 spiro atoms. The minimum absolute atomic E-state index is 0.0568. The van der Waals surface area contributed by atoms with E-state index in [0.717, 1.165) is 30.8 Å². The van der Waals surface area contributed by atoms with Crippen LogP contribution in [0.3, 0.4) is 0 Å². The van der Waals surface area contributed by atoms with Crippen LogP contribution in [0.15, 0.2) is 53.7 Å². The lowest BCUT2D eigenvalue weighted by molar-refractivity contribution is 0.195. The Kier molecular flexibility index (Phi) is 5.64. The molecule has 1 fully saturated rings. The quantitative estimate of drug-likeness (QED) is 0.710. The second-order valence-electron chi connectivity index (χ2n) is 7.07. The van der Waals surface area contributed by atoms with Gasteiger partial charge in [0, 0.05) is 62.6 Å². The summed E-state index contributed by atoms with van der Waals surface area (Å²) in [6.45, 7) is 1.96. The Balaban J connectivity index is 1.32. The number of carbonyl (C=O) groups is 1. The smallest absolute Gasteiger partial charge is 0.317 e. The Morgan fingerprint density at radius 1 is 1.31 bits per heavy atom. The zero-order valence-corrected chi connectivity index (χ0v) is 16.2. The lowest BCUT2D eigenvalue weighted by atomic mass is 10.1. The Labute approximate surface area is 168 Å². The summed E-state index contributed by atoms with van der Waals surface area (Å²) in [6.07, 6.45) is 10.4. The predicted molar refractivity (Wildman–Crippen MR) is 107 cm³/mol. The maximum atomic E-state index is 12.6. The van der Waals surface area contributed by atoms with Crippen molar-refractivity contribution in [3.63, 3.8) is 0 Å². The number of hydrogen-bond donors (Lipinski definition) is 1. The molecule has 0 aromatic carbocycles. The van der Waals surface area contributed by atoms with Crippen LogP contribution in [-0.4, -0.2) is 57.2 Å². The molecule has 1 saturated heterocycles. The zero-order valence-electron chi connectivity index (χ0n) is 16.2. The average molecular weight is 393 g/mol. The lowest BCUT2D eigenvalue weighted by Crippen LogP contribution is -2.51. The molecule has 3 aromatic heterocycles. The van der Waals surface area contributed by atoms with Crippen molar-refractivity contribution in [2.24, 2.45) is 0 Å². The summed E-state index contributed by atoms with van der Waals surface area (Å²) in [5.41, 5.74) is 1.58. The molecule has 9 nitrogen and oxygen atoms in total. The summed E-state index contributed by atoms with van der Waals surface area (Å²) >= 11 is 0. The van der Waals surface area contributed by atoms with Gasteiger partial charge in [0.15, 0.2) is 5.76 Å². The van der Waals surface area contributed by atoms with Crippen LogP contribution in [0.4, 0.5) is 10.6 Å². The molecule has 29 heavy (non-hydrogen) atoms. The number of aromatic nitrogens is 4. The normalized spacial score (nSPS) is 16.4. The standard InChI is InChI=1S/C20H23N7O2/c1-26(14-17-10-18(25-29-17)15-4-2-6-21-11-15)20(28)24-16-5-3-9-27(13-16)19-12-22-7-8-23-19/h2,4,6-8,10-12,16H,3,5,9,13-14H2,1H3,(H,24,28)/t16-/m0/s1. The number of pyridine rings is 1. The van der Waals surface area contributed by atoms with Gasteiger partial charge in [-0.2, -0.15) is 0 Å². The topological polar surface area (TPSA) is 100 Å². The Morgan fingerprint density at radius 2 is 2.21 bits per heavy atom. The number of urea groups is 1. The number of piperidine rings is 1. The highest BCUT2D eigenvalue weighted by Gasteiger charge is 2.24. The molecule has 3 aromatic rings. The highest BCUT2D eigenvalue weighted by Crippen LogP contribution is 2.19. The predicted octanol–water partition coefficient (Wildman–Crippen LogP) is 2.34. The van der Waals surface area contributed by atoms with Crippen LogP contribution in [0.5, 0.6) is 0 Å². The molecule has 1 aliphatic heterocycles. The molecule has 0 bridgehead atoms. The SMILES string of the molecule is CN(Cc1cc(-c2cccnc2)no1)C(=O)N[C@H]1CCCN(c2cnccn2)C1. The lowest BCUT2D eigenvalue weighted by Gasteiger charge is -2.34.